The number of carbonyl (C=O) groups excluding carboxylic acids is 2. The van der Waals surface area contributed by atoms with E-state index in [0.717, 1.165) is 29.8 Å². The molecule has 1 aliphatic heterocycles. The number of rotatable bonds is 3. The van der Waals surface area contributed by atoms with Gasteiger partial charge in [-0.05, 0) is 49.6 Å². The topological polar surface area (TPSA) is 74.3 Å². The van der Waals surface area contributed by atoms with Gasteiger partial charge in [-0.2, -0.15) is 0 Å². The number of benzene rings is 1. The average molecular weight is 336 g/mol. The third kappa shape index (κ3) is 2.95. The minimum absolute atomic E-state index is 0.0874. The third-order valence-corrected chi connectivity index (χ3v) is 4.69. The van der Waals surface area contributed by atoms with Crippen LogP contribution < -0.4 is 15.5 Å². The molecule has 2 aromatic rings. The second kappa shape index (κ2) is 5.88. The van der Waals surface area contributed by atoms with E-state index in [-0.39, 0.29) is 23.9 Å². The van der Waals surface area contributed by atoms with Gasteiger partial charge in [0.2, 0.25) is 5.91 Å². The fourth-order valence-corrected chi connectivity index (χ4v) is 3.06. The van der Waals surface area contributed by atoms with E-state index in [1.807, 2.05) is 49.2 Å². The van der Waals surface area contributed by atoms with Crippen molar-refractivity contribution in [2.75, 3.05) is 17.3 Å². The Balaban J connectivity index is 1.57. The molecule has 1 saturated carbocycles. The van der Waals surface area contributed by atoms with Gasteiger partial charge in [-0.1, -0.05) is 12.1 Å². The number of anilines is 2. The van der Waals surface area contributed by atoms with Gasteiger partial charge in [-0.25, -0.2) is 4.98 Å². The van der Waals surface area contributed by atoms with Crippen molar-refractivity contribution in [3.63, 3.8) is 0 Å². The average Bonchev–Trinajstić information content (AvgIpc) is 3.44. The first-order chi connectivity index (χ1) is 12.0. The summed E-state index contributed by atoms with van der Waals surface area (Å²) < 4.78 is 0. The third-order valence-electron chi connectivity index (χ3n) is 4.69. The molecule has 2 N–H and O–H groups in total. The van der Waals surface area contributed by atoms with E-state index in [9.17, 15) is 9.59 Å². The number of nitrogens with zero attached hydrogens (tertiary/aromatic N) is 2. The van der Waals surface area contributed by atoms with Crippen molar-refractivity contribution in [2.45, 2.75) is 25.9 Å². The molecule has 4 rings (SSSR count). The van der Waals surface area contributed by atoms with Crippen LogP contribution in [0.25, 0.3) is 0 Å². The van der Waals surface area contributed by atoms with Crippen molar-refractivity contribution in [1.29, 1.82) is 0 Å². The monoisotopic (exact) mass is 336 g/mol. The van der Waals surface area contributed by atoms with E-state index in [0.29, 0.717) is 11.4 Å². The first kappa shape index (κ1) is 15.6. The van der Waals surface area contributed by atoms with E-state index in [2.05, 4.69) is 15.6 Å². The number of pyridine rings is 1. The zero-order valence-corrected chi connectivity index (χ0v) is 14.2. The zero-order valence-electron chi connectivity index (χ0n) is 14.2. The second-order valence-electron chi connectivity index (χ2n) is 6.70. The van der Waals surface area contributed by atoms with Gasteiger partial charge < -0.3 is 15.5 Å². The van der Waals surface area contributed by atoms with Crippen LogP contribution in [-0.2, 0) is 4.79 Å². The quantitative estimate of drug-likeness (QED) is 0.903. The number of nitrogens with one attached hydrogen (secondary N) is 2. The highest BCUT2D eigenvalue weighted by molar-refractivity contribution is 6.01. The van der Waals surface area contributed by atoms with Gasteiger partial charge in [-0.15, -0.1) is 0 Å². The van der Waals surface area contributed by atoms with E-state index in [1.54, 1.807) is 6.07 Å². The van der Waals surface area contributed by atoms with Gasteiger partial charge in [0.05, 0.1) is 5.56 Å². The Kier molecular flexibility index (Phi) is 3.67. The maximum absolute atomic E-state index is 12.4. The summed E-state index contributed by atoms with van der Waals surface area (Å²) in [5, 5.41) is 5.93. The maximum atomic E-state index is 12.4. The molecule has 6 heteroatoms. The molecule has 2 amide bonds. The molecule has 0 spiro atoms. The molecule has 0 unspecified atom stereocenters. The van der Waals surface area contributed by atoms with Crippen LogP contribution in [0.3, 0.4) is 0 Å². The summed E-state index contributed by atoms with van der Waals surface area (Å²) in [6.45, 7) is 1.91. The molecule has 1 aliphatic carbocycles. The van der Waals surface area contributed by atoms with Gasteiger partial charge in [0.15, 0.2) is 0 Å². The first-order valence-electron chi connectivity index (χ1n) is 8.45. The standard InChI is InChI=1S/C19H20N4O2/c1-11-3-10-15-17(20-11)23(2)16(22-19(15)25)12-6-8-14(9-7-12)21-18(24)13-4-5-13/h3,6-10,13,16H,4-5H2,1-2H3,(H,21,24)(H,22,25)/t16-/m1/s1. The van der Waals surface area contributed by atoms with Crippen LogP contribution in [0.1, 0.15) is 40.6 Å². The van der Waals surface area contributed by atoms with Crippen molar-refractivity contribution in [1.82, 2.24) is 10.3 Å². The van der Waals surface area contributed by atoms with E-state index in [1.165, 1.54) is 0 Å². The fourth-order valence-electron chi connectivity index (χ4n) is 3.06. The van der Waals surface area contributed by atoms with E-state index < -0.39 is 0 Å². The van der Waals surface area contributed by atoms with Crippen molar-refractivity contribution in [3.8, 4) is 0 Å². The molecule has 2 aliphatic rings. The Morgan fingerprint density at radius 2 is 1.92 bits per heavy atom. The highest BCUT2D eigenvalue weighted by Crippen LogP contribution is 2.32. The predicted molar refractivity (Wildman–Crippen MR) is 95.4 cm³/mol. The minimum atomic E-state index is -0.289. The van der Waals surface area contributed by atoms with Crippen LogP contribution in [0.2, 0.25) is 0 Å². The molecule has 1 atom stereocenters. The molecular formula is C19H20N4O2. The van der Waals surface area contributed by atoms with Gasteiger partial charge in [0, 0.05) is 24.3 Å². The highest BCUT2D eigenvalue weighted by atomic mass is 16.2. The van der Waals surface area contributed by atoms with Crippen molar-refractivity contribution in [3.05, 3.63) is 53.2 Å². The summed E-state index contributed by atoms with van der Waals surface area (Å²) >= 11 is 0. The van der Waals surface area contributed by atoms with Crippen LogP contribution in [0.4, 0.5) is 11.5 Å². The van der Waals surface area contributed by atoms with Crippen LogP contribution in [0.15, 0.2) is 36.4 Å². The normalized spacial score (nSPS) is 19.2. The Bertz CT molecular complexity index is 843. The van der Waals surface area contributed by atoms with E-state index in [4.69, 9.17) is 0 Å². The lowest BCUT2D eigenvalue weighted by Gasteiger charge is -2.35. The molecule has 1 aromatic heterocycles. The first-order valence-corrected chi connectivity index (χ1v) is 8.45. The van der Waals surface area contributed by atoms with Crippen LogP contribution >= 0.6 is 0 Å². The molecule has 1 fully saturated rings. The highest BCUT2D eigenvalue weighted by Gasteiger charge is 2.31. The lowest BCUT2D eigenvalue weighted by atomic mass is 10.1. The summed E-state index contributed by atoms with van der Waals surface area (Å²) in [4.78, 5) is 30.7. The van der Waals surface area contributed by atoms with Crippen LogP contribution in [0.5, 0.6) is 0 Å². The smallest absolute Gasteiger partial charge is 0.256 e. The molecule has 0 radical (unpaired) electrons. The SMILES string of the molecule is Cc1ccc2c(n1)N(C)[C@H](c1ccc(NC(=O)C3CC3)cc1)NC2=O. The van der Waals surface area contributed by atoms with Gasteiger partial charge in [0.1, 0.15) is 12.0 Å². The Morgan fingerprint density at radius 3 is 2.60 bits per heavy atom. The number of aryl methyl sites for hydroxylation is 1. The lowest BCUT2D eigenvalue weighted by Crippen LogP contribution is -2.45. The molecule has 0 bridgehead atoms. The summed E-state index contributed by atoms with van der Waals surface area (Å²) in [5.74, 6) is 0.815. The molecule has 2 heterocycles. The zero-order chi connectivity index (χ0) is 17.6. The van der Waals surface area contributed by atoms with E-state index >= 15 is 0 Å². The summed E-state index contributed by atoms with van der Waals surface area (Å²) in [6.07, 6.45) is 1.67. The Hall–Kier alpha value is -2.89. The number of amides is 2. The summed E-state index contributed by atoms with van der Waals surface area (Å²) in [5.41, 5.74) is 3.17. The lowest BCUT2D eigenvalue weighted by molar-refractivity contribution is -0.117. The van der Waals surface area contributed by atoms with Gasteiger partial charge >= 0.3 is 0 Å². The molecular weight excluding hydrogens is 316 g/mol. The maximum Gasteiger partial charge on any atom is 0.256 e. The molecule has 25 heavy (non-hydrogen) atoms. The van der Waals surface area contributed by atoms with Crippen LogP contribution in [-0.4, -0.2) is 23.8 Å². The number of fused-ring (bicyclic) bond motifs is 1. The predicted octanol–water partition coefficient (Wildman–Crippen LogP) is 2.62. The number of hydrogen-bond donors (Lipinski definition) is 2. The number of carbonyl (C=O) groups is 2. The van der Waals surface area contributed by atoms with Crippen LogP contribution in [0, 0.1) is 12.8 Å². The van der Waals surface area contributed by atoms with Crippen molar-refractivity contribution < 1.29 is 9.59 Å². The molecule has 1 aromatic carbocycles. The Morgan fingerprint density at radius 1 is 1.20 bits per heavy atom. The van der Waals surface area contributed by atoms with Gasteiger partial charge in [-0.3, -0.25) is 9.59 Å². The molecule has 128 valence electrons. The largest absolute Gasteiger partial charge is 0.335 e. The van der Waals surface area contributed by atoms with Crippen molar-refractivity contribution in [2.24, 2.45) is 5.92 Å². The second-order valence-corrected chi connectivity index (χ2v) is 6.70. The van der Waals surface area contributed by atoms with Gasteiger partial charge in [0.25, 0.3) is 5.91 Å². The molecule has 0 saturated heterocycles. The Labute approximate surface area is 146 Å². The summed E-state index contributed by atoms with van der Waals surface area (Å²) in [6, 6.07) is 11.2. The number of hydrogen-bond acceptors (Lipinski definition) is 4. The molecule has 6 nitrogen and oxygen atoms in total. The fraction of sp³-hybridized carbons (Fsp3) is 0.316. The van der Waals surface area contributed by atoms with Crippen molar-refractivity contribution >= 4 is 23.3 Å². The summed E-state index contributed by atoms with van der Waals surface area (Å²) in [7, 11) is 1.91. The number of aromatic nitrogens is 1. The minimum Gasteiger partial charge on any atom is -0.335 e.